The maximum absolute atomic E-state index is 11.3. The molecular formula is C8H11NO2S. The van der Waals surface area contributed by atoms with Gasteiger partial charge in [-0.2, -0.15) is 0 Å². The molecule has 0 aliphatic carbocycles. The number of rotatable bonds is 2. The van der Waals surface area contributed by atoms with Crippen LogP contribution in [0, 0.1) is 0 Å². The van der Waals surface area contributed by atoms with Gasteiger partial charge in [-0.3, -0.25) is 14.5 Å². The molecule has 3 nitrogen and oxygen atoms in total. The molecule has 0 spiro atoms. The summed E-state index contributed by atoms with van der Waals surface area (Å²) in [7, 11) is 0. The largest absolute Gasteiger partial charge is 0.289 e. The Hall–Kier alpha value is -0.770. The Bertz CT molecular complexity index is 237. The Balaban J connectivity index is 2.64. The molecule has 12 heavy (non-hydrogen) atoms. The van der Waals surface area contributed by atoms with Crippen LogP contribution in [0.5, 0.6) is 0 Å². The van der Waals surface area contributed by atoms with Gasteiger partial charge < -0.3 is 0 Å². The lowest BCUT2D eigenvalue weighted by Crippen LogP contribution is -2.30. The standard InChI is InChI=1S/C8H11NO2S/c1-3-4-5-9-7(10)6(2)12-8(9)11/h3-4,6H,5H2,1-2H3. The molecule has 0 N–H and O–H groups in total. The van der Waals surface area contributed by atoms with E-state index in [-0.39, 0.29) is 16.4 Å². The van der Waals surface area contributed by atoms with Crippen LogP contribution in [-0.4, -0.2) is 27.8 Å². The molecular weight excluding hydrogens is 174 g/mol. The van der Waals surface area contributed by atoms with Crippen LogP contribution in [-0.2, 0) is 4.79 Å². The molecule has 0 aromatic carbocycles. The lowest BCUT2D eigenvalue weighted by atomic mass is 10.4. The molecule has 0 aromatic heterocycles. The second-order valence-electron chi connectivity index (χ2n) is 2.54. The molecule has 1 unspecified atom stereocenters. The maximum atomic E-state index is 11.3. The molecule has 0 bridgehead atoms. The van der Waals surface area contributed by atoms with Crippen molar-refractivity contribution in [2.75, 3.05) is 6.54 Å². The van der Waals surface area contributed by atoms with Crippen LogP contribution in [0.3, 0.4) is 0 Å². The molecule has 0 aromatic rings. The summed E-state index contributed by atoms with van der Waals surface area (Å²) in [6.07, 6.45) is 3.63. The van der Waals surface area contributed by atoms with Crippen LogP contribution in [0.4, 0.5) is 4.79 Å². The molecule has 1 rings (SSSR count). The maximum Gasteiger partial charge on any atom is 0.289 e. The van der Waals surface area contributed by atoms with Crippen molar-refractivity contribution < 1.29 is 9.59 Å². The van der Waals surface area contributed by atoms with Gasteiger partial charge in [0, 0.05) is 6.54 Å². The normalized spacial score (nSPS) is 24.5. The number of allylic oxidation sites excluding steroid dienone is 1. The first-order chi connectivity index (χ1) is 5.66. The van der Waals surface area contributed by atoms with Crippen molar-refractivity contribution in [2.45, 2.75) is 19.1 Å². The molecule has 1 fully saturated rings. The highest BCUT2D eigenvalue weighted by Crippen LogP contribution is 2.25. The third-order valence-corrected chi connectivity index (χ3v) is 2.61. The van der Waals surface area contributed by atoms with Crippen molar-refractivity contribution in [3.8, 4) is 0 Å². The Morgan fingerprint density at radius 3 is 2.67 bits per heavy atom. The fraction of sp³-hybridized carbons (Fsp3) is 0.500. The summed E-state index contributed by atoms with van der Waals surface area (Å²) in [5.41, 5.74) is 0. The Morgan fingerprint density at radius 2 is 2.25 bits per heavy atom. The zero-order valence-corrected chi connectivity index (χ0v) is 7.93. The molecule has 66 valence electrons. The van der Waals surface area contributed by atoms with E-state index in [0.717, 1.165) is 11.8 Å². The minimum atomic E-state index is -0.206. The van der Waals surface area contributed by atoms with Crippen molar-refractivity contribution in [3.05, 3.63) is 12.2 Å². The molecule has 1 aliphatic rings. The lowest BCUT2D eigenvalue weighted by molar-refractivity contribution is -0.125. The fourth-order valence-corrected chi connectivity index (χ4v) is 1.77. The number of amides is 2. The predicted molar refractivity (Wildman–Crippen MR) is 49.0 cm³/mol. The highest BCUT2D eigenvalue weighted by Gasteiger charge is 2.35. The van der Waals surface area contributed by atoms with Gasteiger partial charge in [0.2, 0.25) is 5.91 Å². The lowest BCUT2D eigenvalue weighted by Gasteiger charge is -2.08. The SMILES string of the molecule is CC=CCN1C(=O)SC(C)C1=O. The third-order valence-electron chi connectivity index (χ3n) is 1.64. The van der Waals surface area contributed by atoms with Crippen molar-refractivity contribution >= 4 is 22.9 Å². The van der Waals surface area contributed by atoms with Gasteiger partial charge in [-0.15, -0.1) is 0 Å². The van der Waals surface area contributed by atoms with Gasteiger partial charge in [0.05, 0.1) is 5.25 Å². The van der Waals surface area contributed by atoms with E-state index in [0.29, 0.717) is 6.54 Å². The number of hydrogen-bond acceptors (Lipinski definition) is 3. The number of nitrogens with zero attached hydrogens (tertiary/aromatic N) is 1. The molecule has 2 amide bonds. The van der Waals surface area contributed by atoms with Gasteiger partial charge in [0.25, 0.3) is 5.24 Å². The number of carbonyl (C=O) groups excluding carboxylic acids is 2. The second kappa shape index (κ2) is 3.76. The minimum Gasteiger partial charge on any atom is -0.273 e. The third kappa shape index (κ3) is 1.69. The van der Waals surface area contributed by atoms with Crippen LogP contribution in [0.15, 0.2) is 12.2 Å². The van der Waals surface area contributed by atoms with Gasteiger partial charge >= 0.3 is 0 Å². The first kappa shape index (κ1) is 9.32. The molecule has 1 aliphatic heterocycles. The fourth-order valence-electron chi connectivity index (χ4n) is 0.950. The van der Waals surface area contributed by atoms with Crippen molar-refractivity contribution in [1.82, 2.24) is 4.90 Å². The smallest absolute Gasteiger partial charge is 0.273 e. The van der Waals surface area contributed by atoms with Crippen molar-refractivity contribution in [1.29, 1.82) is 0 Å². The average molecular weight is 185 g/mol. The van der Waals surface area contributed by atoms with Crippen LogP contribution in [0.2, 0.25) is 0 Å². The van der Waals surface area contributed by atoms with E-state index in [9.17, 15) is 9.59 Å². The molecule has 1 atom stereocenters. The summed E-state index contributed by atoms with van der Waals surface area (Å²) in [6.45, 7) is 4.02. The molecule has 0 radical (unpaired) electrons. The summed E-state index contributed by atoms with van der Waals surface area (Å²) in [5, 5.41) is -0.339. The minimum absolute atomic E-state index is 0.0805. The van der Waals surface area contributed by atoms with E-state index in [1.807, 2.05) is 13.0 Å². The summed E-state index contributed by atoms with van der Waals surface area (Å²) in [5.74, 6) is -0.0805. The predicted octanol–water partition coefficient (Wildman–Crippen LogP) is 1.65. The van der Waals surface area contributed by atoms with Gasteiger partial charge in [0.15, 0.2) is 0 Å². The summed E-state index contributed by atoms with van der Waals surface area (Å²) < 4.78 is 0. The van der Waals surface area contributed by atoms with E-state index in [1.165, 1.54) is 4.90 Å². The monoisotopic (exact) mass is 185 g/mol. The Kier molecular flexibility index (Phi) is 2.92. The number of thioether (sulfide) groups is 1. The highest BCUT2D eigenvalue weighted by atomic mass is 32.2. The summed E-state index contributed by atoms with van der Waals surface area (Å²) in [6, 6.07) is 0. The van der Waals surface area contributed by atoms with Crippen LogP contribution in [0.25, 0.3) is 0 Å². The molecule has 1 saturated heterocycles. The topological polar surface area (TPSA) is 37.4 Å². The second-order valence-corrected chi connectivity index (χ2v) is 3.84. The zero-order valence-electron chi connectivity index (χ0n) is 7.11. The molecule has 1 heterocycles. The van der Waals surface area contributed by atoms with Crippen LogP contribution < -0.4 is 0 Å². The van der Waals surface area contributed by atoms with Gasteiger partial charge in [-0.1, -0.05) is 23.9 Å². The highest BCUT2D eigenvalue weighted by molar-refractivity contribution is 8.15. The van der Waals surface area contributed by atoms with Gasteiger partial charge in [-0.05, 0) is 13.8 Å². The Labute approximate surface area is 75.8 Å². The van der Waals surface area contributed by atoms with Crippen molar-refractivity contribution in [3.63, 3.8) is 0 Å². The summed E-state index contributed by atoms with van der Waals surface area (Å²) in [4.78, 5) is 23.7. The zero-order chi connectivity index (χ0) is 9.14. The first-order valence-electron chi connectivity index (χ1n) is 3.80. The van der Waals surface area contributed by atoms with E-state index in [4.69, 9.17) is 0 Å². The number of imide groups is 1. The van der Waals surface area contributed by atoms with E-state index < -0.39 is 0 Å². The first-order valence-corrected chi connectivity index (χ1v) is 4.68. The Morgan fingerprint density at radius 1 is 1.58 bits per heavy atom. The van der Waals surface area contributed by atoms with Crippen LogP contribution in [0.1, 0.15) is 13.8 Å². The van der Waals surface area contributed by atoms with E-state index >= 15 is 0 Å². The van der Waals surface area contributed by atoms with E-state index in [2.05, 4.69) is 0 Å². The van der Waals surface area contributed by atoms with E-state index in [1.54, 1.807) is 13.0 Å². The molecule has 4 heteroatoms. The van der Waals surface area contributed by atoms with Crippen molar-refractivity contribution in [2.24, 2.45) is 0 Å². The number of hydrogen-bond donors (Lipinski definition) is 0. The number of carbonyl (C=O) groups is 2. The van der Waals surface area contributed by atoms with Crippen LogP contribution >= 0.6 is 11.8 Å². The van der Waals surface area contributed by atoms with Gasteiger partial charge in [-0.25, -0.2) is 0 Å². The quantitative estimate of drug-likeness (QED) is 0.614. The molecule has 0 saturated carbocycles. The average Bonchev–Trinajstić information content (AvgIpc) is 2.25. The van der Waals surface area contributed by atoms with Gasteiger partial charge in [0.1, 0.15) is 0 Å². The summed E-state index contributed by atoms with van der Waals surface area (Å²) >= 11 is 1.09.